The van der Waals surface area contributed by atoms with Crippen LogP contribution in [0.5, 0.6) is 23.0 Å². The first-order valence-electron chi connectivity index (χ1n) is 11.0. The van der Waals surface area contributed by atoms with Gasteiger partial charge in [0, 0.05) is 25.4 Å². The largest absolute Gasteiger partial charge is 0.504 e. The summed E-state index contributed by atoms with van der Waals surface area (Å²) in [5.41, 5.74) is -2.77. The van der Waals surface area contributed by atoms with Gasteiger partial charge in [0.25, 0.3) is 0 Å². The second-order valence-corrected chi connectivity index (χ2v) is 8.20. The summed E-state index contributed by atoms with van der Waals surface area (Å²) in [4.78, 5) is 50.1. The van der Waals surface area contributed by atoms with Crippen molar-refractivity contribution in [1.29, 1.82) is 0 Å². The molecule has 2 aromatic heterocycles. The van der Waals surface area contributed by atoms with Crippen LogP contribution in [-0.4, -0.2) is 61.9 Å². The topological polar surface area (TPSA) is 206 Å². The number of hydrogen-bond donors (Lipinski definition) is 5. The minimum Gasteiger partial charge on any atom is -0.504 e. The van der Waals surface area contributed by atoms with Crippen molar-refractivity contribution >= 4 is 33.8 Å². The maximum absolute atomic E-state index is 13.5. The molecule has 13 nitrogen and oxygen atoms in total. The normalized spacial score (nSPS) is 11.2. The van der Waals surface area contributed by atoms with Crippen molar-refractivity contribution in [2.24, 2.45) is 7.05 Å². The van der Waals surface area contributed by atoms with Crippen molar-refractivity contribution in [3.63, 3.8) is 0 Å². The van der Waals surface area contributed by atoms with Gasteiger partial charge in [0.2, 0.25) is 5.43 Å². The number of ether oxygens (including phenoxy) is 2. The number of fused-ring (bicyclic) bond motifs is 2. The third-order valence-corrected chi connectivity index (χ3v) is 5.72. The molecule has 0 aliphatic carbocycles. The fraction of sp³-hybridized carbons (Fsp3) is 0.200. The summed E-state index contributed by atoms with van der Waals surface area (Å²) in [6, 6.07) is 3.14. The molecule has 13 heteroatoms. The number of benzene rings is 2. The van der Waals surface area contributed by atoms with Gasteiger partial charge in [-0.3, -0.25) is 14.4 Å². The van der Waals surface area contributed by atoms with Crippen molar-refractivity contribution in [3.05, 3.63) is 56.7 Å². The van der Waals surface area contributed by atoms with E-state index in [-0.39, 0.29) is 53.9 Å². The first kappa shape index (κ1) is 26.0. The number of esters is 1. The van der Waals surface area contributed by atoms with E-state index in [0.717, 1.165) is 18.4 Å². The van der Waals surface area contributed by atoms with E-state index in [2.05, 4.69) is 0 Å². The molecule has 0 saturated heterocycles. The molecule has 2 aromatic carbocycles. The van der Waals surface area contributed by atoms with Gasteiger partial charge in [-0.05, 0) is 6.07 Å². The number of rotatable bonds is 8. The Kier molecular flexibility index (Phi) is 6.95. The Morgan fingerprint density at radius 2 is 1.63 bits per heavy atom. The number of phenols is 4. The van der Waals surface area contributed by atoms with Crippen molar-refractivity contribution in [2.75, 3.05) is 19.8 Å². The molecule has 38 heavy (non-hydrogen) atoms. The zero-order valence-corrected chi connectivity index (χ0v) is 19.8. The van der Waals surface area contributed by atoms with Crippen LogP contribution >= 0.6 is 0 Å². The predicted octanol–water partition coefficient (Wildman–Crippen LogP) is 1.78. The van der Waals surface area contributed by atoms with Gasteiger partial charge in [0.15, 0.2) is 28.4 Å². The second kappa shape index (κ2) is 10.1. The zero-order chi connectivity index (χ0) is 27.7. The Hall–Kier alpha value is -5.04. The van der Waals surface area contributed by atoms with Crippen LogP contribution in [0.25, 0.3) is 33.0 Å². The number of aromatic hydroxyl groups is 4. The fourth-order valence-electron chi connectivity index (χ4n) is 3.87. The third-order valence-electron chi connectivity index (χ3n) is 5.72. The minimum atomic E-state index is -1.21. The number of aromatic nitrogens is 1. The predicted molar refractivity (Wildman–Crippen MR) is 131 cm³/mol. The summed E-state index contributed by atoms with van der Waals surface area (Å²) in [5, 5.41) is 48.3. The monoisotopic (exact) mass is 527 g/mol. The maximum Gasteiger partial charge on any atom is 0.343 e. The van der Waals surface area contributed by atoms with E-state index in [1.807, 2.05) is 0 Å². The molecule has 0 saturated carbocycles. The van der Waals surface area contributed by atoms with Gasteiger partial charge in [-0.15, -0.1) is 0 Å². The molecule has 0 radical (unpaired) electrons. The average molecular weight is 527 g/mol. The number of nitrogens with zero attached hydrogens (tertiary/aromatic N) is 1. The van der Waals surface area contributed by atoms with Crippen LogP contribution in [-0.2, 0) is 21.3 Å². The van der Waals surface area contributed by atoms with E-state index >= 15 is 0 Å². The molecular formula is C25H21NO12. The summed E-state index contributed by atoms with van der Waals surface area (Å²) in [6.45, 7) is -0.661. The van der Waals surface area contributed by atoms with Gasteiger partial charge >= 0.3 is 11.9 Å². The Morgan fingerprint density at radius 3 is 2.34 bits per heavy atom. The number of pyridine rings is 1. The maximum atomic E-state index is 13.5. The third kappa shape index (κ3) is 4.69. The molecule has 198 valence electrons. The van der Waals surface area contributed by atoms with Gasteiger partial charge in [-0.25, -0.2) is 4.79 Å². The number of aryl methyl sites for hydroxylation is 1. The number of carboxylic acids is 1. The Balaban J connectivity index is 1.80. The van der Waals surface area contributed by atoms with Gasteiger partial charge in [-0.1, -0.05) is 0 Å². The van der Waals surface area contributed by atoms with Gasteiger partial charge in [0.1, 0.15) is 24.0 Å². The highest BCUT2D eigenvalue weighted by atomic mass is 16.6. The Labute approximate surface area is 211 Å². The molecule has 4 rings (SSSR count). The summed E-state index contributed by atoms with van der Waals surface area (Å²) >= 11 is 0. The number of carbonyl (C=O) groups is 2. The van der Waals surface area contributed by atoms with Crippen LogP contribution in [0.4, 0.5) is 0 Å². The lowest BCUT2D eigenvalue weighted by atomic mass is 10.0. The lowest BCUT2D eigenvalue weighted by Crippen LogP contribution is -2.18. The molecule has 5 N–H and O–H groups in total. The highest BCUT2D eigenvalue weighted by Gasteiger charge is 2.26. The molecule has 0 fully saturated rings. The molecular weight excluding hydrogens is 506 g/mol. The lowest BCUT2D eigenvalue weighted by molar-refractivity contribution is -0.138. The van der Waals surface area contributed by atoms with Crippen LogP contribution in [0.1, 0.15) is 16.8 Å². The first-order chi connectivity index (χ1) is 18.0. The second-order valence-electron chi connectivity index (χ2n) is 8.20. The summed E-state index contributed by atoms with van der Waals surface area (Å²) in [6.07, 6.45) is 1.99. The molecule has 0 aliphatic heterocycles. The molecule has 0 spiro atoms. The van der Waals surface area contributed by atoms with Gasteiger partial charge in [-0.2, -0.15) is 0 Å². The van der Waals surface area contributed by atoms with Crippen molar-refractivity contribution in [3.8, 4) is 34.1 Å². The van der Waals surface area contributed by atoms with Crippen LogP contribution in [0.3, 0.4) is 0 Å². The van der Waals surface area contributed by atoms with E-state index in [9.17, 15) is 39.6 Å². The summed E-state index contributed by atoms with van der Waals surface area (Å²) < 4.78 is 16.9. The van der Waals surface area contributed by atoms with Gasteiger partial charge in [0.05, 0.1) is 47.1 Å². The Bertz CT molecular complexity index is 1720. The van der Waals surface area contributed by atoms with Crippen molar-refractivity contribution in [1.82, 2.24) is 4.57 Å². The van der Waals surface area contributed by atoms with Crippen LogP contribution in [0.2, 0.25) is 0 Å². The van der Waals surface area contributed by atoms with E-state index in [1.54, 1.807) is 0 Å². The highest BCUT2D eigenvalue weighted by molar-refractivity contribution is 6.07. The van der Waals surface area contributed by atoms with Crippen molar-refractivity contribution in [2.45, 2.75) is 6.42 Å². The average Bonchev–Trinajstić information content (AvgIpc) is 2.86. The first-order valence-corrected chi connectivity index (χ1v) is 11.0. The SMILES string of the molecule is Cn1cc(-c2coc3cc(O)c(O)c(C(=O)OCCOCCC(=O)O)c3c2=O)c(=O)c2cc(O)c(O)cc21. The van der Waals surface area contributed by atoms with E-state index in [1.165, 1.54) is 23.9 Å². The molecule has 0 amide bonds. The van der Waals surface area contributed by atoms with Crippen LogP contribution in [0.15, 0.2) is 44.7 Å². The highest BCUT2D eigenvalue weighted by Crippen LogP contribution is 2.36. The van der Waals surface area contributed by atoms with Gasteiger partial charge < -0.3 is 44.0 Å². The zero-order valence-electron chi connectivity index (χ0n) is 19.8. The Morgan fingerprint density at radius 1 is 0.921 bits per heavy atom. The number of carbonyl (C=O) groups excluding carboxylic acids is 1. The number of carboxylic acid groups (broad SMARTS) is 1. The van der Waals surface area contributed by atoms with E-state index in [0.29, 0.717) is 0 Å². The number of hydrogen-bond acceptors (Lipinski definition) is 11. The van der Waals surface area contributed by atoms with E-state index in [4.69, 9.17) is 19.0 Å². The van der Waals surface area contributed by atoms with Crippen molar-refractivity contribution < 1.29 is 49.0 Å². The van der Waals surface area contributed by atoms with E-state index < -0.39 is 56.7 Å². The summed E-state index contributed by atoms with van der Waals surface area (Å²) in [5.74, 6) is -5.00. The fourth-order valence-corrected chi connectivity index (χ4v) is 3.87. The lowest BCUT2D eigenvalue weighted by Gasteiger charge is -2.12. The van der Waals surface area contributed by atoms with Crippen LogP contribution < -0.4 is 10.9 Å². The molecule has 2 heterocycles. The molecule has 0 bridgehead atoms. The molecule has 0 unspecified atom stereocenters. The number of phenolic OH excluding ortho intramolecular Hbond substituents is 4. The van der Waals surface area contributed by atoms with Crippen LogP contribution in [0, 0.1) is 0 Å². The minimum absolute atomic E-state index is 0.0177. The standard InChI is InChI=1S/C25H21NO12/c1-26-9-12(22(32)11-6-15(27)16(28)7-14(11)26)13-10-38-18-8-17(29)24(34)21(20(18)23(13)33)25(35)37-5-4-36-3-2-19(30)31/h6-10,27-29,34H,2-5H2,1H3,(H,30,31). The molecule has 0 aliphatic rings. The molecule has 4 aromatic rings. The quantitative estimate of drug-likeness (QED) is 0.126. The molecule has 0 atom stereocenters. The smallest absolute Gasteiger partial charge is 0.343 e. The summed E-state index contributed by atoms with van der Waals surface area (Å²) in [7, 11) is 1.54. The number of aliphatic carboxylic acids is 1.